The molecule has 2 aromatic heterocycles. The lowest BCUT2D eigenvalue weighted by Gasteiger charge is -2.06. The fraction of sp³-hybridized carbons (Fsp3) is 0.136. The standard InChI is InChI=1S/C22H17N3O2/c26-21(19-12-9-14-3-1-2-4-18(14)25-19)24-17-10-7-15(8-11-17)20-13-23-22(27-20)16-5-6-16/h1-4,7-13,16H,5-6H2,(H,24,26). The largest absolute Gasteiger partial charge is 0.440 e. The molecule has 0 bridgehead atoms. The van der Waals surface area contributed by atoms with Gasteiger partial charge in [-0.25, -0.2) is 9.97 Å². The van der Waals surface area contributed by atoms with Crippen molar-refractivity contribution in [2.24, 2.45) is 0 Å². The maximum atomic E-state index is 12.5. The first kappa shape index (κ1) is 15.8. The summed E-state index contributed by atoms with van der Waals surface area (Å²) in [5, 5.41) is 3.90. The monoisotopic (exact) mass is 355 g/mol. The molecule has 132 valence electrons. The van der Waals surface area contributed by atoms with Gasteiger partial charge in [-0.2, -0.15) is 0 Å². The number of carbonyl (C=O) groups excluding carboxylic acids is 1. The van der Waals surface area contributed by atoms with E-state index in [-0.39, 0.29) is 5.91 Å². The van der Waals surface area contributed by atoms with Crippen molar-refractivity contribution in [1.82, 2.24) is 9.97 Å². The van der Waals surface area contributed by atoms with E-state index in [1.54, 1.807) is 12.3 Å². The Bertz CT molecular complexity index is 1130. The van der Waals surface area contributed by atoms with Gasteiger partial charge in [-0.15, -0.1) is 0 Å². The molecule has 5 rings (SSSR count). The topological polar surface area (TPSA) is 68.0 Å². The Labute approximate surface area is 156 Å². The number of amides is 1. The molecule has 0 spiro atoms. The Morgan fingerprint density at radius 2 is 1.81 bits per heavy atom. The van der Waals surface area contributed by atoms with Crippen LogP contribution in [-0.2, 0) is 0 Å². The van der Waals surface area contributed by atoms with Crippen molar-refractivity contribution in [2.75, 3.05) is 5.32 Å². The molecule has 4 aromatic rings. The maximum Gasteiger partial charge on any atom is 0.274 e. The van der Waals surface area contributed by atoms with Crippen LogP contribution in [0.2, 0.25) is 0 Å². The minimum absolute atomic E-state index is 0.232. The molecule has 0 radical (unpaired) electrons. The van der Waals surface area contributed by atoms with E-state index < -0.39 is 0 Å². The zero-order chi connectivity index (χ0) is 18.2. The number of hydrogen-bond donors (Lipinski definition) is 1. The normalized spacial score (nSPS) is 13.6. The molecule has 1 saturated carbocycles. The van der Waals surface area contributed by atoms with E-state index >= 15 is 0 Å². The van der Waals surface area contributed by atoms with Crippen molar-refractivity contribution in [2.45, 2.75) is 18.8 Å². The molecule has 2 heterocycles. The number of rotatable bonds is 4. The van der Waals surface area contributed by atoms with Gasteiger partial charge in [0.25, 0.3) is 5.91 Å². The highest BCUT2D eigenvalue weighted by Crippen LogP contribution is 2.40. The SMILES string of the molecule is O=C(Nc1ccc(-c2cnc(C3CC3)o2)cc1)c1ccc2ccccc2n1. The van der Waals surface area contributed by atoms with Crippen LogP contribution >= 0.6 is 0 Å². The summed E-state index contributed by atoms with van der Waals surface area (Å²) in [6, 6.07) is 18.9. The average molecular weight is 355 g/mol. The molecule has 0 saturated heterocycles. The summed E-state index contributed by atoms with van der Waals surface area (Å²) in [5.41, 5.74) is 2.84. The molecule has 0 aliphatic heterocycles. The fourth-order valence-corrected chi connectivity index (χ4v) is 3.05. The predicted octanol–water partition coefficient (Wildman–Crippen LogP) is 5.02. The number of carbonyl (C=O) groups is 1. The Hall–Kier alpha value is -3.47. The van der Waals surface area contributed by atoms with Gasteiger partial charge in [0, 0.05) is 22.6 Å². The van der Waals surface area contributed by atoms with Crippen molar-refractivity contribution in [3.05, 3.63) is 78.4 Å². The third kappa shape index (κ3) is 3.19. The summed E-state index contributed by atoms with van der Waals surface area (Å²) in [7, 11) is 0. The average Bonchev–Trinajstić information content (AvgIpc) is 3.45. The van der Waals surface area contributed by atoms with Gasteiger partial charge in [-0.3, -0.25) is 4.79 Å². The minimum Gasteiger partial charge on any atom is -0.440 e. The number of anilines is 1. The number of benzene rings is 2. The van der Waals surface area contributed by atoms with Crippen LogP contribution in [0.15, 0.2) is 71.3 Å². The van der Waals surface area contributed by atoms with Crippen LogP contribution in [0.5, 0.6) is 0 Å². The molecule has 2 aromatic carbocycles. The molecule has 0 atom stereocenters. The van der Waals surface area contributed by atoms with Gasteiger partial charge in [0.1, 0.15) is 5.69 Å². The number of para-hydroxylation sites is 1. The van der Waals surface area contributed by atoms with E-state index in [0.717, 1.165) is 41.0 Å². The molecule has 1 fully saturated rings. The zero-order valence-electron chi connectivity index (χ0n) is 14.6. The van der Waals surface area contributed by atoms with Gasteiger partial charge in [0.15, 0.2) is 11.7 Å². The quantitative estimate of drug-likeness (QED) is 0.558. The highest BCUT2D eigenvalue weighted by Gasteiger charge is 2.28. The molecule has 27 heavy (non-hydrogen) atoms. The van der Waals surface area contributed by atoms with Gasteiger partial charge in [0.05, 0.1) is 11.7 Å². The summed E-state index contributed by atoms with van der Waals surface area (Å²) >= 11 is 0. The Morgan fingerprint density at radius 1 is 1.00 bits per heavy atom. The Morgan fingerprint density at radius 3 is 2.63 bits per heavy atom. The number of aromatic nitrogens is 2. The van der Waals surface area contributed by atoms with E-state index in [9.17, 15) is 4.79 Å². The Kier molecular flexibility index (Phi) is 3.71. The second kappa shape index (κ2) is 6.36. The number of nitrogens with one attached hydrogen (secondary N) is 1. The number of pyridine rings is 1. The van der Waals surface area contributed by atoms with Crippen molar-refractivity contribution < 1.29 is 9.21 Å². The first-order valence-electron chi connectivity index (χ1n) is 8.99. The van der Waals surface area contributed by atoms with Crippen LogP contribution in [0.3, 0.4) is 0 Å². The molecule has 1 aliphatic rings. The van der Waals surface area contributed by atoms with Crippen molar-refractivity contribution in [1.29, 1.82) is 0 Å². The summed E-state index contributed by atoms with van der Waals surface area (Å²) in [4.78, 5) is 21.3. The van der Waals surface area contributed by atoms with Crippen molar-refractivity contribution >= 4 is 22.5 Å². The summed E-state index contributed by atoms with van der Waals surface area (Å²) in [5.74, 6) is 1.84. The van der Waals surface area contributed by atoms with E-state index in [0.29, 0.717) is 17.3 Å². The van der Waals surface area contributed by atoms with Gasteiger partial charge in [0.2, 0.25) is 0 Å². The molecule has 5 heteroatoms. The lowest BCUT2D eigenvalue weighted by molar-refractivity contribution is 0.102. The maximum absolute atomic E-state index is 12.5. The summed E-state index contributed by atoms with van der Waals surface area (Å²) < 4.78 is 5.82. The second-order valence-corrected chi connectivity index (χ2v) is 6.76. The molecule has 1 amide bonds. The molecular weight excluding hydrogens is 338 g/mol. The number of hydrogen-bond acceptors (Lipinski definition) is 4. The van der Waals surface area contributed by atoms with E-state index in [2.05, 4.69) is 15.3 Å². The zero-order valence-corrected chi connectivity index (χ0v) is 14.6. The van der Waals surface area contributed by atoms with Crippen molar-refractivity contribution in [3.8, 4) is 11.3 Å². The van der Waals surface area contributed by atoms with Crippen LogP contribution in [0, 0.1) is 0 Å². The molecular formula is C22H17N3O2. The highest BCUT2D eigenvalue weighted by molar-refractivity contribution is 6.04. The third-order valence-corrected chi connectivity index (χ3v) is 4.71. The third-order valence-electron chi connectivity index (χ3n) is 4.71. The van der Waals surface area contributed by atoms with E-state index in [1.165, 1.54) is 0 Å². The van der Waals surface area contributed by atoms with Gasteiger partial charge in [-0.1, -0.05) is 24.3 Å². The second-order valence-electron chi connectivity index (χ2n) is 6.76. The highest BCUT2D eigenvalue weighted by atomic mass is 16.4. The number of fused-ring (bicyclic) bond motifs is 1. The lowest BCUT2D eigenvalue weighted by Crippen LogP contribution is -2.13. The van der Waals surface area contributed by atoms with Crippen LogP contribution in [0.1, 0.15) is 35.1 Å². The van der Waals surface area contributed by atoms with Crippen molar-refractivity contribution in [3.63, 3.8) is 0 Å². The smallest absolute Gasteiger partial charge is 0.274 e. The lowest BCUT2D eigenvalue weighted by atomic mass is 10.1. The predicted molar refractivity (Wildman–Crippen MR) is 104 cm³/mol. The van der Waals surface area contributed by atoms with Gasteiger partial charge < -0.3 is 9.73 Å². The van der Waals surface area contributed by atoms with Crippen LogP contribution in [0.4, 0.5) is 5.69 Å². The van der Waals surface area contributed by atoms with Crippen LogP contribution in [-0.4, -0.2) is 15.9 Å². The number of oxazole rings is 1. The first-order chi connectivity index (χ1) is 13.3. The molecule has 1 aliphatic carbocycles. The number of nitrogens with zero attached hydrogens (tertiary/aromatic N) is 2. The summed E-state index contributed by atoms with van der Waals surface area (Å²) in [6.07, 6.45) is 4.09. The van der Waals surface area contributed by atoms with E-state index in [1.807, 2.05) is 54.6 Å². The van der Waals surface area contributed by atoms with Gasteiger partial charge in [-0.05, 0) is 49.2 Å². The van der Waals surface area contributed by atoms with Gasteiger partial charge >= 0.3 is 0 Å². The Balaban J connectivity index is 1.32. The van der Waals surface area contributed by atoms with E-state index in [4.69, 9.17) is 4.42 Å². The first-order valence-corrected chi connectivity index (χ1v) is 8.99. The van der Waals surface area contributed by atoms with Crippen LogP contribution in [0.25, 0.3) is 22.2 Å². The van der Waals surface area contributed by atoms with Crippen LogP contribution < -0.4 is 5.32 Å². The summed E-state index contributed by atoms with van der Waals surface area (Å²) in [6.45, 7) is 0. The minimum atomic E-state index is -0.232. The fourth-order valence-electron chi connectivity index (χ4n) is 3.05. The molecule has 1 N–H and O–H groups in total. The molecule has 0 unspecified atom stereocenters. The molecule has 5 nitrogen and oxygen atoms in total.